The van der Waals surface area contributed by atoms with E-state index in [0.29, 0.717) is 40.7 Å². The van der Waals surface area contributed by atoms with Gasteiger partial charge in [-0.25, -0.2) is 0 Å². The van der Waals surface area contributed by atoms with Gasteiger partial charge in [0, 0.05) is 11.1 Å². The minimum Gasteiger partial charge on any atom is -0.497 e. The molecular weight excluding hydrogens is 460 g/mol. The van der Waals surface area contributed by atoms with Crippen LogP contribution in [-0.2, 0) is 11.2 Å². The zero-order valence-corrected chi connectivity index (χ0v) is 20.2. The van der Waals surface area contributed by atoms with Gasteiger partial charge in [0.05, 0.1) is 25.7 Å². The molecule has 9 heteroatoms. The van der Waals surface area contributed by atoms with E-state index >= 15 is 0 Å². The van der Waals surface area contributed by atoms with Crippen molar-refractivity contribution in [2.75, 3.05) is 20.8 Å². The average Bonchev–Trinajstić information content (AvgIpc) is 3.06. The Morgan fingerprint density at radius 3 is 2.55 bits per heavy atom. The van der Waals surface area contributed by atoms with Gasteiger partial charge in [-0.05, 0) is 73.6 Å². The van der Waals surface area contributed by atoms with Gasteiger partial charge in [-0.3, -0.25) is 15.0 Å². The first-order valence-corrected chi connectivity index (χ1v) is 11.3. The number of ether oxygens (including phenoxy) is 3. The molecule has 0 bridgehead atoms. The lowest BCUT2D eigenvalue weighted by molar-refractivity contribution is -0.123. The maximum absolute atomic E-state index is 13.0. The molecule has 1 heterocycles. The third-order valence-corrected chi connectivity index (χ3v) is 5.98. The molecule has 0 saturated carbocycles. The summed E-state index contributed by atoms with van der Waals surface area (Å²) in [6, 6.07) is 10.3. The third-order valence-electron chi connectivity index (χ3n) is 4.68. The monoisotopic (exact) mass is 484 g/mol. The maximum Gasteiger partial charge on any atom is 0.285 e. The van der Waals surface area contributed by atoms with Crippen molar-refractivity contribution in [3.05, 3.63) is 70.6 Å². The van der Waals surface area contributed by atoms with Crippen molar-refractivity contribution in [2.24, 2.45) is 0 Å². The Morgan fingerprint density at radius 2 is 1.94 bits per heavy atom. The van der Waals surface area contributed by atoms with Gasteiger partial charge in [-0.15, -0.1) is 6.58 Å². The summed E-state index contributed by atoms with van der Waals surface area (Å²) < 4.78 is 16.6. The standard InChI is InChI=1S/C24H24N2O5S2/c1-5-7-17-12-15(13-19(31-6-2)21(17)30-4)14-20-23(28)26(24(32)33-20)25-22(27)16-8-10-18(29-3)11-9-16/h5,8-14H,1,6-7H2,2-4H3,(H,25,27). The number of thiocarbonyl (C=S) groups is 1. The van der Waals surface area contributed by atoms with Crippen molar-refractivity contribution in [3.63, 3.8) is 0 Å². The van der Waals surface area contributed by atoms with Gasteiger partial charge in [0.2, 0.25) is 0 Å². The average molecular weight is 485 g/mol. The molecule has 1 fully saturated rings. The smallest absolute Gasteiger partial charge is 0.285 e. The molecule has 1 aliphatic rings. The molecule has 0 aromatic heterocycles. The van der Waals surface area contributed by atoms with E-state index in [9.17, 15) is 9.59 Å². The molecule has 0 spiro atoms. The molecule has 2 aromatic rings. The molecule has 2 aromatic carbocycles. The molecule has 7 nitrogen and oxygen atoms in total. The first-order valence-electron chi connectivity index (χ1n) is 10.1. The predicted molar refractivity (Wildman–Crippen MR) is 134 cm³/mol. The molecule has 33 heavy (non-hydrogen) atoms. The molecule has 2 amide bonds. The highest BCUT2D eigenvalue weighted by Crippen LogP contribution is 2.37. The second-order valence-corrected chi connectivity index (χ2v) is 8.50. The van der Waals surface area contributed by atoms with Crippen LogP contribution < -0.4 is 19.6 Å². The Balaban J connectivity index is 1.85. The molecular formula is C24H24N2O5S2. The summed E-state index contributed by atoms with van der Waals surface area (Å²) >= 11 is 6.44. The molecule has 0 aliphatic carbocycles. The Hall–Kier alpha value is -3.30. The molecule has 0 radical (unpaired) electrons. The molecule has 172 valence electrons. The van der Waals surface area contributed by atoms with Gasteiger partial charge in [0.15, 0.2) is 15.8 Å². The second kappa shape index (κ2) is 11.0. The number of hydrazine groups is 1. The number of nitrogens with one attached hydrogen (secondary N) is 1. The molecule has 1 saturated heterocycles. The fraction of sp³-hybridized carbons (Fsp3) is 0.208. The highest BCUT2D eigenvalue weighted by atomic mass is 32.2. The van der Waals surface area contributed by atoms with Crippen LogP contribution in [0.4, 0.5) is 0 Å². The van der Waals surface area contributed by atoms with E-state index in [4.69, 9.17) is 26.4 Å². The number of amides is 2. The van der Waals surface area contributed by atoms with E-state index in [-0.39, 0.29) is 4.32 Å². The summed E-state index contributed by atoms with van der Waals surface area (Å²) in [5.74, 6) is 0.974. The molecule has 3 rings (SSSR count). The first-order chi connectivity index (χ1) is 15.9. The van der Waals surface area contributed by atoms with Crippen LogP contribution in [0.25, 0.3) is 6.08 Å². The van der Waals surface area contributed by atoms with E-state index in [1.807, 2.05) is 13.0 Å². The second-order valence-electron chi connectivity index (χ2n) is 6.82. The van der Waals surface area contributed by atoms with Crippen molar-refractivity contribution in [1.29, 1.82) is 0 Å². The van der Waals surface area contributed by atoms with Crippen molar-refractivity contribution >= 4 is 46.2 Å². The summed E-state index contributed by atoms with van der Waals surface area (Å²) in [7, 11) is 3.13. The number of hydrogen-bond donors (Lipinski definition) is 1. The van der Waals surface area contributed by atoms with Crippen LogP contribution in [-0.4, -0.2) is 42.0 Å². The Bertz CT molecular complexity index is 1110. The summed E-state index contributed by atoms with van der Waals surface area (Å²) in [4.78, 5) is 25.9. The molecule has 1 N–H and O–H groups in total. The number of allylic oxidation sites excluding steroid dienone is 1. The van der Waals surface area contributed by atoms with Gasteiger partial charge < -0.3 is 14.2 Å². The molecule has 1 aliphatic heterocycles. The number of nitrogens with zero attached hydrogens (tertiary/aromatic N) is 1. The predicted octanol–water partition coefficient (Wildman–Crippen LogP) is 4.38. The number of hydrogen-bond acceptors (Lipinski definition) is 7. The van der Waals surface area contributed by atoms with Crippen LogP contribution in [0.1, 0.15) is 28.4 Å². The summed E-state index contributed by atoms with van der Waals surface area (Å²) in [6.07, 6.45) is 4.06. The van der Waals surface area contributed by atoms with E-state index in [0.717, 1.165) is 27.9 Å². The Labute approximate surface area is 202 Å². The maximum atomic E-state index is 13.0. The van der Waals surface area contributed by atoms with Gasteiger partial charge >= 0.3 is 0 Å². The number of carbonyl (C=O) groups excluding carboxylic acids is 2. The normalized spacial score (nSPS) is 14.4. The highest BCUT2D eigenvalue weighted by molar-refractivity contribution is 8.26. The number of thioether (sulfide) groups is 1. The van der Waals surface area contributed by atoms with Crippen LogP contribution in [0.3, 0.4) is 0 Å². The quantitative estimate of drug-likeness (QED) is 0.322. The molecule has 0 unspecified atom stereocenters. The SMILES string of the molecule is C=CCc1cc(C=C2SC(=S)N(NC(=O)c3ccc(OC)cc3)C2=O)cc(OCC)c1OC. The van der Waals surface area contributed by atoms with E-state index < -0.39 is 11.8 Å². The van der Waals surface area contributed by atoms with Crippen molar-refractivity contribution in [2.45, 2.75) is 13.3 Å². The van der Waals surface area contributed by atoms with Crippen LogP contribution in [0.5, 0.6) is 17.2 Å². The number of carbonyl (C=O) groups is 2. The van der Waals surface area contributed by atoms with Crippen LogP contribution >= 0.6 is 24.0 Å². The fourth-order valence-electron chi connectivity index (χ4n) is 3.19. The Kier molecular flexibility index (Phi) is 8.13. The highest BCUT2D eigenvalue weighted by Gasteiger charge is 2.34. The zero-order valence-electron chi connectivity index (χ0n) is 18.5. The number of rotatable bonds is 9. The van der Waals surface area contributed by atoms with Crippen molar-refractivity contribution < 1.29 is 23.8 Å². The summed E-state index contributed by atoms with van der Waals surface area (Å²) in [6.45, 7) is 6.14. The first kappa shape index (κ1) is 24.3. The van der Waals surface area contributed by atoms with Crippen molar-refractivity contribution in [3.8, 4) is 17.2 Å². The summed E-state index contributed by atoms with van der Waals surface area (Å²) in [5.41, 5.74) is 4.58. The minimum absolute atomic E-state index is 0.234. The lowest BCUT2D eigenvalue weighted by Crippen LogP contribution is -2.44. The molecule has 0 atom stereocenters. The van der Waals surface area contributed by atoms with Gasteiger partial charge in [0.1, 0.15) is 5.75 Å². The lowest BCUT2D eigenvalue weighted by Gasteiger charge is -2.16. The van der Waals surface area contributed by atoms with E-state index in [1.54, 1.807) is 56.7 Å². The largest absolute Gasteiger partial charge is 0.497 e. The summed E-state index contributed by atoms with van der Waals surface area (Å²) in [5, 5.41) is 1.08. The number of benzene rings is 2. The van der Waals surface area contributed by atoms with E-state index in [1.165, 1.54) is 0 Å². The minimum atomic E-state index is -0.452. The lowest BCUT2D eigenvalue weighted by atomic mass is 10.0. The third kappa shape index (κ3) is 5.55. The Morgan fingerprint density at radius 1 is 1.21 bits per heavy atom. The fourth-order valence-corrected chi connectivity index (χ4v) is 4.37. The van der Waals surface area contributed by atoms with Crippen LogP contribution in [0.2, 0.25) is 0 Å². The zero-order chi connectivity index (χ0) is 24.0. The van der Waals surface area contributed by atoms with Crippen LogP contribution in [0, 0.1) is 0 Å². The topological polar surface area (TPSA) is 77.1 Å². The van der Waals surface area contributed by atoms with Gasteiger partial charge in [0.25, 0.3) is 11.8 Å². The van der Waals surface area contributed by atoms with E-state index in [2.05, 4.69) is 12.0 Å². The van der Waals surface area contributed by atoms with Crippen molar-refractivity contribution in [1.82, 2.24) is 10.4 Å². The van der Waals surface area contributed by atoms with Gasteiger partial charge in [-0.1, -0.05) is 17.8 Å². The van der Waals surface area contributed by atoms with Gasteiger partial charge in [-0.2, -0.15) is 5.01 Å². The number of methoxy groups -OCH3 is 2. The van der Waals surface area contributed by atoms with Crippen LogP contribution in [0.15, 0.2) is 54.0 Å².